The molecule has 0 bridgehead atoms. The number of nitrogen functional groups attached to an aromatic ring is 1. The van der Waals surface area contributed by atoms with Crippen LogP contribution in [0.4, 0.5) is 5.82 Å². The zero-order chi connectivity index (χ0) is 25.4. The number of ether oxygens (including phenoxy) is 1. The second-order valence-electron chi connectivity index (χ2n) is 8.95. The SMILES string of the molecule is CC(C)n1nc(COc2ccccc2CC(=O)O)c2cc(-c3ccc4cc(Cl)nc(N)c4c3)ccc21. The number of anilines is 1. The van der Waals surface area contributed by atoms with E-state index in [1.807, 2.05) is 28.9 Å². The first kappa shape index (κ1) is 23.6. The van der Waals surface area contributed by atoms with Gasteiger partial charge in [-0.25, -0.2) is 4.98 Å². The molecule has 0 aliphatic rings. The van der Waals surface area contributed by atoms with E-state index < -0.39 is 5.97 Å². The van der Waals surface area contributed by atoms with E-state index in [1.165, 1.54) is 0 Å². The number of fused-ring (bicyclic) bond motifs is 2. The van der Waals surface area contributed by atoms with Gasteiger partial charge in [-0.3, -0.25) is 9.48 Å². The highest BCUT2D eigenvalue weighted by Crippen LogP contribution is 2.32. The van der Waals surface area contributed by atoms with Crippen LogP contribution in [0.1, 0.15) is 31.1 Å². The lowest BCUT2D eigenvalue weighted by Crippen LogP contribution is -2.06. The van der Waals surface area contributed by atoms with E-state index in [1.54, 1.807) is 24.3 Å². The largest absolute Gasteiger partial charge is 0.487 e. The first-order valence-corrected chi connectivity index (χ1v) is 12.0. The molecule has 0 radical (unpaired) electrons. The molecule has 0 fully saturated rings. The van der Waals surface area contributed by atoms with Gasteiger partial charge in [0.1, 0.15) is 29.0 Å². The number of carbonyl (C=O) groups is 1. The van der Waals surface area contributed by atoms with E-state index in [0.29, 0.717) is 22.3 Å². The summed E-state index contributed by atoms with van der Waals surface area (Å²) in [6.07, 6.45) is -0.104. The number of carboxylic acids is 1. The van der Waals surface area contributed by atoms with Gasteiger partial charge in [-0.15, -0.1) is 0 Å². The molecule has 2 aromatic heterocycles. The first-order valence-electron chi connectivity index (χ1n) is 11.6. The van der Waals surface area contributed by atoms with Gasteiger partial charge in [-0.2, -0.15) is 5.10 Å². The summed E-state index contributed by atoms with van der Waals surface area (Å²) in [6.45, 7) is 4.37. The molecule has 0 saturated carbocycles. The Bertz CT molecular complexity index is 1610. The molecule has 3 aromatic carbocycles. The number of nitrogens with two attached hydrogens (primary N) is 1. The Labute approximate surface area is 213 Å². The fourth-order valence-electron chi connectivity index (χ4n) is 4.40. The molecule has 8 heteroatoms. The molecule has 0 aliphatic heterocycles. The third-order valence-corrected chi connectivity index (χ3v) is 6.31. The molecule has 0 spiro atoms. The summed E-state index contributed by atoms with van der Waals surface area (Å²) in [7, 11) is 0. The maximum Gasteiger partial charge on any atom is 0.307 e. The minimum atomic E-state index is -0.904. The Hall–Kier alpha value is -4.10. The molecule has 0 aliphatic carbocycles. The summed E-state index contributed by atoms with van der Waals surface area (Å²) in [5.74, 6) is 0.0281. The fraction of sp³-hybridized carbons (Fsp3) is 0.179. The molecule has 3 N–H and O–H groups in total. The van der Waals surface area contributed by atoms with Crippen molar-refractivity contribution in [1.82, 2.24) is 14.8 Å². The number of hydrogen-bond donors (Lipinski definition) is 2. The van der Waals surface area contributed by atoms with Crippen LogP contribution in [0.5, 0.6) is 5.75 Å². The lowest BCUT2D eigenvalue weighted by Gasteiger charge is -2.10. The first-order chi connectivity index (χ1) is 17.3. The number of aliphatic carboxylic acids is 1. The zero-order valence-electron chi connectivity index (χ0n) is 19.9. The number of pyridine rings is 1. The Morgan fingerprint density at radius 3 is 2.53 bits per heavy atom. The molecule has 0 amide bonds. The Morgan fingerprint density at radius 1 is 1.06 bits per heavy atom. The predicted molar refractivity (Wildman–Crippen MR) is 142 cm³/mol. The number of benzene rings is 3. The van der Waals surface area contributed by atoms with Crippen molar-refractivity contribution in [3.05, 3.63) is 83.1 Å². The van der Waals surface area contributed by atoms with Crippen LogP contribution >= 0.6 is 11.6 Å². The van der Waals surface area contributed by atoms with Crippen LogP contribution in [0.3, 0.4) is 0 Å². The quantitative estimate of drug-likeness (QED) is 0.255. The molecule has 7 nitrogen and oxygen atoms in total. The summed E-state index contributed by atoms with van der Waals surface area (Å²) < 4.78 is 8.06. The van der Waals surface area contributed by atoms with Gasteiger partial charge in [0.15, 0.2) is 0 Å². The van der Waals surface area contributed by atoms with Crippen LogP contribution in [0.2, 0.25) is 5.15 Å². The van der Waals surface area contributed by atoms with Crippen LogP contribution in [0, 0.1) is 0 Å². The third-order valence-electron chi connectivity index (χ3n) is 6.11. The molecule has 0 atom stereocenters. The molecule has 2 heterocycles. The average molecular weight is 501 g/mol. The molecule has 0 unspecified atom stereocenters. The van der Waals surface area contributed by atoms with Gasteiger partial charge < -0.3 is 15.6 Å². The zero-order valence-corrected chi connectivity index (χ0v) is 20.7. The van der Waals surface area contributed by atoms with Crippen LogP contribution in [-0.4, -0.2) is 25.8 Å². The van der Waals surface area contributed by atoms with Crippen LogP contribution in [-0.2, 0) is 17.8 Å². The number of nitrogens with zero attached hydrogens (tertiary/aromatic N) is 3. The molecule has 5 aromatic rings. The highest BCUT2D eigenvalue weighted by atomic mass is 35.5. The minimum Gasteiger partial charge on any atom is -0.487 e. The highest BCUT2D eigenvalue weighted by molar-refractivity contribution is 6.30. The van der Waals surface area contributed by atoms with Crippen LogP contribution in [0.15, 0.2) is 66.7 Å². The smallest absolute Gasteiger partial charge is 0.307 e. The van der Waals surface area contributed by atoms with Crippen molar-refractivity contribution in [3.8, 4) is 16.9 Å². The van der Waals surface area contributed by atoms with Crippen molar-refractivity contribution >= 4 is 45.1 Å². The van der Waals surface area contributed by atoms with Gasteiger partial charge in [-0.05, 0) is 60.7 Å². The van der Waals surface area contributed by atoms with Gasteiger partial charge in [0.25, 0.3) is 0 Å². The number of hydrogen-bond acceptors (Lipinski definition) is 5. The Morgan fingerprint density at radius 2 is 1.78 bits per heavy atom. The Kier molecular flexibility index (Phi) is 6.24. The molecule has 5 rings (SSSR count). The topological polar surface area (TPSA) is 103 Å². The molecular weight excluding hydrogens is 476 g/mol. The predicted octanol–water partition coefficient (Wildman–Crippen LogP) is 6.27. The van der Waals surface area contributed by atoms with Crippen molar-refractivity contribution in [3.63, 3.8) is 0 Å². The molecule has 36 heavy (non-hydrogen) atoms. The van der Waals surface area contributed by atoms with E-state index in [4.69, 9.17) is 27.2 Å². The van der Waals surface area contributed by atoms with Gasteiger partial charge in [0.2, 0.25) is 0 Å². The van der Waals surface area contributed by atoms with Crippen LogP contribution < -0.4 is 10.5 Å². The second-order valence-corrected chi connectivity index (χ2v) is 9.34. The van der Waals surface area contributed by atoms with Crippen molar-refractivity contribution < 1.29 is 14.6 Å². The standard InChI is InChI=1S/C28H25ClN4O3/c1-16(2)33-24-10-9-18(17-7-8-19-13-26(29)31-28(30)21(19)11-17)12-22(24)23(32-33)15-36-25-6-4-3-5-20(25)14-27(34)35/h3-13,16H,14-15H2,1-2H3,(H2,30,31)(H,34,35). The number of aromatic nitrogens is 3. The van der Waals surface area contributed by atoms with E-state index in [2.05, 4.69) is 37.0 Å². The number of carboxylic acid groups (broad SMARTS) is 1. The lowest BCUT2D eigenvalue weighted by molar-refractivity contribution is -0.136. The normalized spacial score (nSPS) is 11.4. The molecular formula is C28H25ClN4O3. The molecule has 0 saturated heterocycles. The van der Waals surface area contributed by atoms with Crippen molar-refractivity contribution in [2.75, 3.05) is 5.73 Å². The fourth-order valence-corrected chi connectivity index (χ4v) is 4.61. The maximum absolute atomic E-state index is 11.3. The Balaban J connectivity index is 1.54. The van der Waals surface area contributed by atoms with E-state index >= 15 is 0 Å². The lowest BCUT2D eigenvalue weighted by atomic mass is 10.00. The summed E-state index contributed by atoms with van der Waals surface area (Å²) in [6, 6.07) is 21.4. The minimum absolute atomic E-state index is 0.104. The second kappa shape index (κ2) is 9.51. The number of para-hydroxylation sites is 1. The average Bonchev–Trinajstić information content (AvgIpc) is 3.21. The van der Waals surface area contributed by atoms with Crippen molar-refractivity contribution in [1.29, 1.82) is 0 Å². The van der Waals surface area contributed by atoms with Gasteiger partial charge in [-0.1, -0.05) is 48.0 Å². The summed E-state index contributed by atoms with van der Waals surface area (Å²) in [5.41, 5.74) is 10.5. The van der Waals surface area contributed by atoms with Gasteiger partial charge in [0, 0.05) is 22.4 Å². The van der Waals surface area contributed by atoms with Gasteiger partial charge in [0.05, 0.1) is 11.9 Å². The van der Waals surface area contributed by atoms with Crippen molar-refractivity contribution in [2.24, 2.45) is 0 Å². The summed E-state index contributed by atoms with van der Waals surface area (Å²) >= 11 is 6.06. The van der Waals surface area contributed by atoms with E-state index in [-0.39, 0.29) is 19.1 Å². The summed E-state index contributed by atoms with van der Waals surface area (Å²) in [5, 5.41) is 17.2. The monoisotopic (exact) mass is 500 g/mol. The van der Waals surface area contributed by atoms with E-state index in [9.17, 15) is 9.90 Å². The van der Waals surface area contributed by atoms with Gasteiger partial charge >= 0.3 is 5.97 Å². The summed E-state index contributed by atoms with van der Waals surface area (Å²) in [4.78, 5) is 15.4. The highest BCUT2D eigenvalue weighted by Gasteiger charge is 2.16. The van der Waals surface area contributed by atoms with E-state index in [0.717, 1.165) is 38.5 Å². The molecule has 182 valence electrons. The third kappa shape index (κ3) is 4.57. The van der Waals surface area contributed by atoms with Crippen molar-refractivity contribution in [2.45, 2.75) is 32.9 Å². The maximum atomic E-state index is 11.3. The number of rotatable bonds is 7. The van der Waals surface area contributed by atoms with Crippen LogP contribution in [0.25, 0.3) is 32.8 Å². The number of halogens is 1.